The molecule has 1 aromatic carbocycles. The Kier molecular flexibility index (Phi) is 14.9. The molecule has 0 spiro atoms. The number of carbonyl (C=O) groups is 1. The highest BCUT2D eigenvalue weighted by Crippen LogP contribution is 2.40. The third-order valence-electron chi connectivity index (χ3n) is 11.5. The third-order valence-corrected chi connectivity index (χ3v) is 11.5. The topological polar surface area (TPSA) is 193 Å². The summed E-state index contributed by atoms with van der Waals surface area (Å²) in [5, 5.41) is 76.6. The van der Waals surface area contributed by atoms with Crippen LogP contribution < -0.4 is 10.6 Å². The van der Waals surface area contributed by atoms with E-state index in [-0.39, 0.29) is 49.7 Å². The van der Waals surface area contributed by atoms with Crippen molar-refractivity contribution in [3.8, 4) is 5.75 Å². The van der Waals surface area contributed by atoms with Crippen molar-refractivity contribution in [3.05, 3.63) is 29.3 Å². The lowest BCUT2D eigenvalue weighted by Crippen LogP contribution is -2.64. The largest absolute Gasteiger partial charge is 0.507 e. The van der Waals surface area contributed by atoms with Gasteiger partial charge in [0, 0.05) is 36.7 Å². The second-order valence-corrected chi connectivity index (χ2v) is 16.2. The summed E-state index contributed by atoms with van der Waals surface area (Å²) >= 11 is 0. The van der Waals surface area contributed by atoms with Crippen molar-refractivity contribution in [3.63, 3.8) is 0 Å². The molecule has 2 aliphatic rings. The second kappa shape index (κ2) is 17.5. The lowest BCUT2D eigenvalue weighted by Gasteiger charge is -2.49. The molecule has 0 aliphatic carbocycles. The Morgan fingerprint density at radius 3 is 2.33 bits per heavy atom. The van der Waals surface area contributed by atoms with Gasteiger partial charge in [0.1, 0.15) is 29.7 Å². The summed E-state index contributed by atoms with van der Waals surface area (Å²) in [5.74, 6) is -3.14. The molecule has 0 amide bonds. The normalized spacial score (nSPS) is 42.2. The number of aliphatic hydroxyl groups excluding tert-OH is 2. The fourth-order valence-corrected chi connectivity index (χ4v) is 7.98. The van der Waals surface area contributed by atoms with Crippen LogP contribution in [0.15, 0.2) is 18.2 Å². The highest BCUT2D eigenvalue weighted by molar-refractivity contribution is 5.74. The van der Waals surface area contributed by atoms with Gasteiger partial charge in [0.15, 0.2) is 6.29 Å². The van der Waals surface area contributed by atoms with Crippen LogP contribution in [0.3, 0.4) is 0 Å². The fraction of sp³-hybridized carbons (Fsp3) is 0.816. The summed E-state index contributed by atoms with van der Waals surface area (Å²) in [4.78, 5) is 16.0. The molecule has 294 valence electrons. The minimum absolute atomic E-state index is 0.111. The SMILES string of the molecule is CC[C@H]1OC(=O)C(C)[C@@](O)(CNCc2cccc(C)c2O)[C@H](C)[C@@H](O[C@@H]2O[C@H](C)C[C@H](N(C)C)[C@H]2O)[C@@](C)(O)C[C@@H](C)CN[C@H](C)[C@@H](O)[C@]1(C)O. The van der Waals surface area contributed by atoms with Gasteiger partial charge in [-0.2, -0.15) is 0 Å². The average Bonchev–Trinajstić information content (AvgIpc) is 3.05. The van der Waals surface area contributed by atoms with Gasteiger partial charge >= 0.3 is 5.97 Å². The number of carbonyl (C=O) groups excluding carboxylic acids is 1. The van der Waals surface area contributed by atoms with Gasteiger partial charge in [-0.1, -0.05) is 39.0 Å². The number of likely N-dealkylation sites (N-methyl/N-ethyl adjacent to an activating group) is 1. The Morgan fingerprint density at radius 2 is 1.73 bits per heavy atom. The molecule has 2 saturated heterocycles. The summed E-state index contributed by atoms with van der Waals surface area (Å²) in [6.45, 7) is 15.6. The monoisotopic (exact) mass is 725 g/mol. The summed E-state index contributed by atoms with van der Waals surface area (Å²) < 4.78 is 18.7. The van der Waals surface area contributed by atoms with Crippen LogP contribution >= 0.6 is 0 Å². The van der Waals surface area contributed by atoms with E-state index in [2.05, 4.69) is 10.6 Å². The van der Waals surface area contributed by atoms with Gasteiger partial charge in [0.2, 0.25) is 0 Å². The molecule has 14 atom stereocenters. The molecule has 2 fully saturated rings. The lowest BCUT2D eigenvalue weighted by molar-refractivity contribution is -0.304. The minimum Gasteiger partial charge on any atom is -0.507 e. The van der Waals surface area contributed by atoms with Crippen LogP contribution in [0.4, 0.5) is 0 Å². The van der Waals surface area contributed by atoms with Crippen LogP contribution in [0, 0.1) is 24.7 Å². The maximum Gasteiger partial charge on any atom is 0.312 e. The Hall–Kier alpha value is -1.91. The number of aryl methyl sites for hydroxylation is 1. The zero-order valence-corrected chi connectivity index (χ0v) is 32.6. The van der Waals surface area contributed by atoms with Crippen molar-refractivity contribution in [2.75, 3.05) is 27.2 Å². The molecule has 8 N–H and O–H groups in total. The predicted molar refractivity (Wildman–Crippen MR) is 194 cm³/mol. The Morgan fingerprint density at radius 1 is 1.08 bits per heavy atom. The number of phenolic OH excluding ortho intramolecular Hbond substituents is 1. The highest BCUT2D eigenvalue weighted by atomic mass is 16.7. The van der Waals surface area contributed by atoms with Crippen molar-refractivity contribution in [2.45, 2.75) is 154 Å². The van der Waals surface area contributed by atoms with Gasteiger partial charge in [-0.25, -0.2) is 0 Å². The molecule has 3 rings (SSSR count). The summed E-state index contributed by atoms with van der Waals surface area (Å²) in [6, 6.07) is 4.45. The number of rotatable bonds is 8. The van der Waals surface area contributed by atoms with Gasteiger partial charge < -0.3 is 60.4 Å². The van der Waals surface area contributed by atoms with Crippen molar-refractivity contribution in [1.82, 2.24) is 15.5 Å². The van der Waals surface area contributed by atoms with E-state index in [1.54, 1.807) is 46.8 Å². The zero-order valence-electron chi connectivity index (χ0n) is 32.6. The van der Waals surface area contributed by atoms with Crippen molar-refractivity contribution < 1.29 is 49.6 Å². The number of para-hydroxylation sites is 1. The molecule has 1 aromatic rings. The first kappa shape index (κ1) is 43.5. The number of hydrogen-bond donors (Lipinski definition) is 8. The van der Waals surface area contributed by atoms with E-state index in [4.69, 9.17) is 14.2 Å². The molecule has 2 aliphatic heterocycles. The van der Waals surface area contributed by atoms with Crippen molar-refractivity contribution >= 4 is 5.97 Å². The number of phenols is 1. The lowest BCUT2D eigenvalue weighted by atomic mass is 9.70. The van der Waals surface area contributed by atoms with E-state index in [1.165, 1.54) is 13.8 Å². The summed E-state index contributed by atoms with van der Waals surface area (Å²) in [5.41, 5.74) is -4.16. The fourth-order valence-electron chi connectivity index (χ4n) is 7.98. The molecular weight excluding hydrogens is 658 g/mol. The van der Waals surface area contributed by atoms with E-state index in [9.17, 15) is 35.4 Å². The number of nitrogens with zero attached hydrogens (tertiary/aromatic N) is 1. The number of nitrogens with one attached hydrogen (secondary N) is 2. The number of benzene rings is 1. The number of aromatic hydroxyl groups is 1. The van der Waals surface area contributed by atoms with Gasteiger partial charge in [-0.3, -0.25) is 4.79 Å². The number of aliphatic hydroxyl groups is 5. The molecule has 1 unspecified atom stereocenters. The van der Waals surface area contributed by atoms with E-state index >= 15 is 0 Å². The molecule has 51 heavy (non-hydrogen) atoms. The molecule has 0 saturated carbocycles. The highest BCUT2D eigenvalue weighted by Gasteiger charge is 2.54. The Labute approximate surface area is 304 Å². The smallest absolute Gasteiger partial charge is 0.312 e. The predicted octanol–water partition coefficient (Wildman–Crippen LogP) is 1.81. The molecule has 13 heteroatoms. The minimum atomic E-state index is -1.96. The zero-order chi connectivity index (χ0) is 38.6. The van der Waals surface area contributed by atoms with Crippen LogP contribution in [0.2, 0.25) is 0 Å². The van der Waals surface area contributed by atoms with Crippen molar-refractivity contribution in [2.24, 2.45) is 17.8 Å². The Bertz CT molecular complexity index is 1280. The van der Waals surface area contributed by atoms with Crippen molar-refractivity contribution in [1.29, 1.82) is 0 Å². The van der Waals surface area contributed by atoms with Crippen LogP contribution in [-0.4, -0.2) is 134 Å². The first-order valence-corrected chi connectivity index (χ1v) is 18.5. The van der Waals surface area contributed by atoms with Gasteiger partial charge in [0.05, 0.1) is 29.3 Å². The van der Waals surface area contributed by atoms with E-state index < -0.39 is 71.4 Å². The van der Waals surface area contributed by atoms with Gasteiger partial charge in [0.25, 0.3) is 0 Å². The molecule has 13 nitrogen and oxygen atoms in total. The second-order valence-electron chi connectivity index (χ2n) is 16.2. The molecular formula is C38H67N3O10. The maximum atomic E-state index is 14.1. The molecule has 0 radical (unpaired) electrons. The number of hydrogen-bond acceptors (Lipinski definition) is 13. The summed E-state index contributed by atoms with van der Waals surface area (Å²) in [7, 11) is 3.73. The molecule has 0 bridgehead atoms. The van der Waals surface area contributed by atoms with Crippen LogP contribution in [0.25, 0.3) is 0 Å². The quantitative estimate of drug-likeness (QED) is 0.181. The third kappa shape index (κ3) is 10.00. The Balaban J connectivity index is 2.14. The number of esters is 1. The van der Waals surface area contributed by atoms with E-state index in [1.807, 2.05) is 38.9 Å². The number of cyclic esters (lactones) is 1. The molecule has 0 aromatic heterocycles. The van der Waals surface area contributed by atoms with Crippen LogP contribution in [-0.2, 0) is 25.5 Å². The standard InChI is InChI=1S/C38H67N3O10/c1-12-29-37(9,47)32(44)26(7)40-18-21(2)17-36(8,46)33(51-35-31(43)28(41(10)11)16-23(4)49-35)24(5)38(48,25(6)34(45)50-29)20-39-19-27-15-13-14-22(3)30(27)42/h13-15,21,23-26,28-29,31-33,35,39-40,42-44,46-48H,12,16-20H2,1-11H3/t21-,23-,24-,25?,26-,28+,29-,31-,32-,33-,35+,36+,37-,38-/m1/s1. The summed E-state index contributed by atoms with van der Waals surface area (Å²) in [6.07, 6.45) is -5.22. The number of ether oxygens (including phenoxy) is 3. The average molecular weight is 726 g/mol. The van der Waals surface area contributed by atoms with E-state index in [0.29, 0.717) is 24.1 Å². The first-order chi connectivity index (χ1) is 23.6. The molecule has 2 heterocycles. The van der Waals surface area contributed by atoms with Crippen LogP contribution in [0.5, 0.6) is 5.75 Å². The van der Waals surface area contributed by atoms with E-state index in [0.717, 1.165) is 0 Å². The van der Waals surface area contributed by atoms with Gasteiger partial charge in [-0.15, -0.1) is 0 Å². The van der Waals surface area contributed by atoms with Gasteiger partial charge in [-0.05, 0) is 92.9 Å². The first-order valence-electron chi connectivity index (χ1n) is 18.5. The van der Waals surface area contributed by atoms with Crippen LogP contribution in [0.1, 0.15) is 85.8 Å². The maximum absolute atomic E-state index is 14.1.